The molecule has 2 rings (SSSR count). The molecule has 0 saturated carbocycles. The Balaban J connectivity index is 2.10. The zero-order valence-electron chi connectivity index (χ0n) is 13.5. The van der Waals surface area contributed by atoms with Gasteiger partial charge in [-0.1, -0.05) is 55.5 Å². The van der Waals surface area contributed by atoms with Gasteiger partial charge in [0.05, 0.1) is 12.5 Å². The second-order valence-corrected chi connectivity index (χ2v) is 5.43. The summed E-state index contributed by atoms with van der Waals surface area (Å²) in [5, 5.41) is 5.79. The van der Waals surface area contributed by atoms with Crippen molar-refractivity contribution in [2.75, 3.05) is 5.32 Å². The number of benzene rings is 2. The maximum absolute atomic E-state index is 12.4. The van der Waals surface area contributed by atoms with Gasteiger partial charge in [0.2, 0.25) is 11.8 Å². The van der Waals surface area contributed by atoms with E-state index in [4.69, 9.17) is 0 Å². The minimum atomic E-state index is -0.331. The van der Waals surface area contributed by atoms with Crippen LogP contribution in [0.3, 0.4) is 0 Å². The summed E-state index contributed by atoms with van der Waals surface area (Å²) < 4.78 is 0. The number of rotatable bonds is 6. The molecule has 1 unspecified atom stereocenters. The van der Waals surface area contributed by atoms with Gasteiger partial charge < -0.3 is 10.6 Å². The van der Waals surface area contributed by atoms with Crippen LogP contribution in [0.25, 0.3) is 0 Å². The van der Waals surface area contributed by atoms with Gasteiger partial charge in [-0.2, -0.15) is 0 Å². The molecule has 0 saturated heterocycles. The molecule has 2 aromatic rings. The van der Waals surface area contributed by atoms with E-state index >= 15 is 0 Å². The van der Waals surface area contributed by atoms with Crippen molar-refractivity contribution in [2.24, 2.45) is 0 Å². The number of amides is 2. The Morgan fingerprint density at radius 1 is 1.00 bits per heavy atom. The molecule has 0 spiro atoms. The summed E-state index contributed by atoms with van der Waals surface area (Å²) in [7, 11) is 0. The summed E-state index contributed by atoms with van der Waals surface area (Å²) in [4.78, 5) is 23.8. The maximum Gasteiger partial charge on any atom is 0.226 e. The van der Waals surface area contributed by atoms with Crippen molar-refractivity contribution >= 4 is 17.5 Å². The monoisotopic (exact) mass is 310 g/mol. The summed E-state index contributed by atoms with van der Waals surface area (Å²) in [6.45, 7) is 3.51. The lowest BCUT2D eigenvalue weighted by molar-refractivity contribution is -0.120. The Kier molecular flexibility index (Phi) is 5.92. The third-order valence-corrected chi connectivity index (χ3v) is 3.64. The smallest absolute Gasteiger partial charge is 0.226 e. The van der Waals surface area contributed by atoms with E-state index in [1.54, 1.807) is 0 Å². The minimum Gasteiger partial charge on any atom is -0.349 e. The van der Waals surface area contributed by atoms with Gasteiger partial charge in [-0.15, -0.1) is 0 Å². The van der Waals surface area contributed by atoms with E-state index in [1.807, 2.05) is 54.6 Å². The van der Waals surface area contributed by atoms with Crippen LogP contribution in [0, 0.1) is 0 Å². The third kappa shape index (κ3) is 4.95. The Labute approximate surface area is 136 Å². The van der Waals surface area contributed by atoms with Crippen molar-refractivity contribution in [1.29, 1.82) is 0 Å². The van der Waals surface area contributed by atoms with E-state index in [0.717, 1.165) is 23.2 Å². The predicted octanol–water partition coefficient (Wildman–Crippen LogP) is 3.46. The Morgan fingerprint density at radius 3 is 2.30 bits per heavy atom. The average Bonchev–Trinajstić information content (AvgIpc) is 2.55. The Morgan fingerprint density at radius 2 is 1.65 bits per heavy atom. The van der Waals surface area contributed by atoms with E-state index in [-0.39, 0.29) is 24.3 Å². The molecule has 0 aromatic heterocycles. The number of carbonyl (C=O) groups excluding carboxylic acids is 2. The largest absolute Gasteiger partial charge is 0.349 e. The Bertz CT molecular complexity index is 668. The highest BCUT2D eigenvalue weighted by Gasteiger charge is 2.17. The molecule has 4 nitrogen and oxygen atoms in total. The van der Waals surface area contributed by atoms with E-state index in [0.29, 0.717) is 0 Å². The molecule has 0 aliphatic heterocycles. The van der Waals surface area contributed by atoms with Gasteiger partial charge in [0.15, 0.2) is 0 Å². The first kappa shape index (κ1) is 16.7. The molecule has 0 fully saturated rings. The molecule has 0 aliphatic carbocycles. The number of aryl methyl sites for hydroxylation is 1. The van der Waals surface area contributed by atoms with Gasteiger partial charge in [0.1, 0.15) is 0 Å². The van der Waals surface area contributed by atoms with Crippen molar-refractivity contribution in [1.82, 2.24) is 5.32 Å². The number of nitrogens with one attached hydrogen (secondary N) is 2. The standard InChI is InChI=1S/C19H22N2O2/c1-3-15-9-7-8-12-17(15)21-19(23)13-18(20-14(2)22)16-10-5-4-6-11-16/h4-12,18H,3,13H2,1-2H3,(H,20,22)(H,21,23). The van der Waals surface area contributed by atoms with Crippen LogP contribution >= 0.6 is 0 Å². The van der Waals surface area contributed by atoms with Crippen molar-refractivity contribution < 1.29 is 9.59 Å². The van der Waals surface area contributed by atoms with Crippen molar-refractivity contribution in [3.05, 3.63) is 65.7 Å². The lowest BCUT2D eigenvalue weighted by Gasteiger charge is -2.18. The highest BCUT2D eigenvalue weighted by Crippen LogP contribution is 2.20. The first-order valence-corrected chi connectivity index (χ1v) is 7.80. The molecule has 0 aliphatic rings. The second-order valence-electron chi connectivity index (χ2n) is 5.43. The first-order chi connectivity index (χ1) is 11.1. The molecule has 1 atom stereocenters. The molecule has 2 N–H and O–H groups in total. The molecule has 2 amide bonds. The molecule has 2 aromatic carbocycles. The highest BCUT2D eigenvalue weighted by atomic mass is 16.2. The molecule has 120 valence electrons. The van der Waals surface area contributed by atoms with Crippen molar-refractivity contribution in [3.63, 3.8) is 0 Å². The van der Waals surface area contributed by atoms with Crippen LogP contribution in [0.15, 0.2) is 54.6 Å². The molecule has 0 bridgehead atoms. The van der Waals surface area contributed by atoms with Crippen LogP contribution in [0.4, 0.5) is 5.69 Å². The quantitative estimate of drug-likeness (QED) is 0.858. The van der Waals surface area contributed by atoms with E-state index < -0.39 is 0 Å². The molecule has 0 radical (unpaired) electrons. The fourth-order valence-corrected chi connectivity index (χ4v) is 2.52. The van der Waals surface area contributed by atoms with E-state index in [2.05, 4.69) is 17.6 Å². The molecular formula is C19H22N2O2. The summed E-state index contributed by atoms with van der Waals surface area (Å²) in [6.07, 6.45) is 1.05. The maximum atomic E-state index is 12.4. The minimum absolute atomic E-state index is 0.117. The second kappa shape index (κ2) is 8.13. The highest BCUT2D eigenvalue weighted by molar-refractivity contribution is 5.92. The van der Waals surface area contributed by atoms with Crippen LogP contribution in [-0.2, 0) is 16.0 Å². The predicted molar refractivity (Wildman–Crippen MR) is 92.1 cm³/mol. The van der Waals surface area contributed by atoms with Crippen molar-refractivity contribution in [2.45, 2.75) is 32.7 Å². The third-order valence-electron chi connectivity index (χ3n) is 3.64. The van der Waals surface area contributed by atoms with Gasteiger partial charge in [-0.3, -0.25) is 9.59 Å². The van der Waals surface area contributed by atoms with Crippen LogP contribution < -0.4 is 10.6 Å². The molecular weight excluding hydrogens is 288 g/mol. The summed E-state index contributed by atoms with van der Waals surface area (Å²) in [5.74, 6) is -0.269. The summed E-state index contributed by atoms with van der Waals surface area (Å²) in [6, 6.07) is 16.9. The summed E-state index contributed by atoms with van der Waals surface area (Å²) >= 11 is 0. The average molecular weight is 310 g/mol. The lowest BCUT2D eigenvalue weighted by Crippen LogP contribution is -2.29. The molecule has 23 heavy (non-hydrogen) atoms. The van der Waals surface area contributed by atoms with E-state index in [1.165, 1.54) is 6.92 Å². The first-order valence-electron chi connectivity index (χ1n) is 7.80. The lowest BCUT2D eigenvalue weighted by atomic mass is 10.0. The normalized spacial score (nSPS) is 11.6. The van der Waals surface area contributed by atoms with Crippen LogP contribution in [0.5, 0.6) is 0 Å². The van der Waals surface area contributed by atoms with Crippen LogP contribution in [0.1, 0.15) is 37.4 Å². The fourth-order valence-electron chi connectivity index (χ4n) is 2.52. The summed E-state index contributed by atoms with van der Waals surface area (Å²) in [5.41, 5.74) is 2.84. The SMILES string of the molecule is CCc1ccccc1NC(=O)CC(NC(C)=O)c1ccccc1. The zero-order valence-corrected chi connectivity index (χ0v) is 13.5. The number of carbonyl (C=O) groups is 2. The van der Waals surface area contributed by atoms with Gasteiger partial charge in [-0.05, 0) is 23.6 Å². The van der Waals surface area contributed by atoms with Gasteiger partial charge in [-0.25, -0.2) is 0 Å². The molecule has 4 heteroatoms. The van der Waals surface area contributed by atoms with Gasteiger partial charge >= 0.3 is 0 Å². The van der Waals surface area contributed by atoms with Crippen molar-refractivity contribution in [3.8, 4) is 0 Å². The number of para-hydroxylation sites is 1. The topological polar surface area (TPSA) is 58.2 Å². The van der Waals surface area contributed by atoms with Crippen LogP contribution in [-0.4, -0.2) is 11.8 Å². The zero-order chi connectivity index (χ0) is 16.7. The molecule has 0 heterocycles. The van der Waals surface area contributed by atoms with Crippen LogP contribution in [0.2, 0.25) is 0 Å². The number of hydrogen-bond donors (Lipinski definition) is 2. The fraction of sp³-hybridized carbons (Fsp3) is 0.263. The number of hydrogen-bond acceptors (Lipinski definition) is 2. The Hall–Kier alpha value is -2.62. The number of anilines is 1. The van der Waals surface area contributed by atoms with Gasteiger partial charge in [0, 0.05) is 12.6 Å². The van der Waals surface area contributed by atoms with E-state index in [9.17, 15) is 9.59 Å². The van der Waals surface area contributed by atoms with Gasteiger partial charge in [0.25, 0.3) is 0 Å².